The maximum absolute atomic E-state index is 11.6. The Bertz CT molecular complexity index is 330. The summed E-state index contributed by atoms with van der Waals surface area (Å²) < 4.78 is 4.96. The predicted octanol–water partition coefficient (Wildman–Crippen LogP) is 0.519. The van der Waals surface area contributed by atoms with E-state index in [-0.39, 0.29) is 11.9 Å². The highest BCUT2D eigenvalue weighted by atomic mass is 16.5. The van der Waals surface area contributed by atoms with Gasteiger partial charge in [-0.3, -0.25) is 9.78 Å². The van der Waals surface area contributed by atoms with Crippen molar-refractivity contribution in [2.45, 2.75) is 13.0 Å². The fraction of sp³-hybridized carbons (Fsp3) is 0.400. The molecule has 1 fully saturated rings. The molecule has 4 heteroatoms. The molecule has 0 aliphatic carbocycles. The van der Waals surface area contributed by atoms with E-state index in [0.717, 1.165) is 5.69 Å². The van der Waals surface area contributed by atoms with Gasteiger partial charge in [-0.2, -0.15) is 0 Å². The number of ether oxygens (including phenoxy) is 1. The van der Waals surface area contributed by atoms with Crippen molar-refractivity contribution in [2.24, 2.45) is 0 Å². The molecule has 1 aliphatic rings. The molecule has 74 valence electrons. The van der Waals surface area contributed by atoms with Gasteiger partial charge in [-0.15, -0.1) is 0 Å². The Balaban J connectivity index is 1.99. The van der Waals surface area contributed by atoms with Crippen LogP contribution < -0.4 is 5.32 Å². The van der Waals surface area contributed by atoms with E-state index >= 15 is 0 Å². The molecule has 1 saturated heterocycles. The first-order chi connectivity index (χ1) is 6.75. The zero-order valence-electron chi connectivity index (χ0n) is 7.99. The lowest BCUT2D eigenvalue weighted by atomic mass is 10.2. The van der Waals surface area contributed by atoms with Gasteiger partial charge in [-0.25, -0.2) is 0 Å². The number of amides is 1. The Morgan fingerprint density at radius 2 is 2.36 bits per heavy atom. The maximum atomic E-state index is 11.6. The lowest BCUT2D eigenvalue weighted by molar-refractivity contribution is -0.00346. The zero-order chi connectivity index (χ0) is 9.97. The third kappa shape index (κ3) is 1.90. The number of carbonyl (C=O) groups is 1. The van der Waals surface area contributed by atoms with Gasteiger partial charge in [-0.05, 0) is 19.1 Å². The van der Waals surface area contributed by atoms with E-state index in [4.69, 9.17) is 4.74 Å². The number of pyridine rings is 1. The number of rotatable bonds is 2. The number of aromatic nitrogens is 1. The Labute approximate surface area is 82.3 Å². The van der Waals surface area contributed by atoms with Crippen molar-refractivity contribution in [3.05, 3.63) is 29.6 Å². The molecule has 2 rings (SSSR count). The summed E-state index contributed by atoms with van der Waals surface area (Å²) in [6.07, 6.45) is 1.59. The highest BCUT2D eigenvalue weighted by molar-refractivity contribution is 5.94. The van der Waals surface area contributed by atoms with Gasteiger partial charge >= 0.3 is 0 Å². The van der Waals surface area contributed by atoms with Crippen LogP contribution in [0.5, 0.6) is 0 Å². The van der Waals surface area contributed by atoms with E-state index in [1.807, 2.05) is 13.0 Å². The highest BCUT2D eigenvalue weighted by Gasteiger charge is 2.20. The van der Waals surface area contributed by atoms with Crippen molar-refractivity contribution in [1.29, 1.82) is 0 Å². The average Bonchev–Trinajstić information content (AvgIpc) is 2.12. The first kappa shape index (κ1) is 9.15. The lowest BCUT2D eigenvalue weighted by Gasteiger charge is -2.26. The van der Waals surface area contributed by atoms with E-state index in [0.29, 0.717) is 18.8 Å². The Morgan fingerprint density at radius 1 is 1.57 bits per heavy atom. The molecule has 4 nitrogen and oxygen atoms in total. The van der Waals surface area contributed by atoms with E-state index in [1.54, 1.807) is 12.3 Å². The molecule has 1 aromatic rings. The van der Waals surface area contributed by atoms with Crippen molar-refractivity contribution in [2.75, 3.05) is 13.2 Å². The third-order valence-electron chi connectivity index (χ3n) is 2.15. The average molecular weight is 192 g/mol. The number of carbonyl (C=O) groups excluding carboxylic acids is 1. The van der Waals surface area contributed by atoms with Crippen LogP contribution in [0.2, 0.25) is 0 Å². The summed E-state index contributed by atoms with van der Waals surface area (Å²) >= 11 is 0. The summed E-state index contributed by atoms with van der Waals surface area (Å²) in [4.78, 5) is 15.6. The van der Waals surface area contributed by atoms with Crippen molar-refractivity contribution in [1.82, 2.24) is 10.3 Å². The second-order valence-corrected chi connectivity index (χ2v) is 3.40. The van der Waals surface area contributed by atoms with Crippen LogP contribution in [0.1, 0.15) is 16.1 Å². The summed E-state index contributed by atoms with van der Waals surface area (Å²) in [5.41, 5.74) is 1.51. The summed E-state index contributed by atoms with van der Waals surface area (Å²) in [7, 11) is 0. The van der Waals surface area contributed by atoms with Crippen molar-refractivity contribution in [3.63, 3.8) is 0 Å². The van der Waals surface area contributed by atoms with Crippen LogP contribution in [0.15, 0.2) is 18.3 Å². The Hall–Kier alpha value is -1.42. The zero-order valence-corrected chi connectivity index (χ0v) is 7.99. The van der Waals surface area contributed by atoms with E-state index in [1.165, 1.54) is 0 Å². The third-order valence-corrected chi connectivity index (χ3v) is 2.15. The smallest absolute Gasteiger partial charge is 0.253 e. The SMILES string of the molecule is Cc1ccc(C(=O)NC2COC2)cn1. The minimum Gasteiger partial charge on any atom is -0.377 e. The molecule has 2 heterocycles. The minimum absolute atomic E-state index is 0.0780. The van der Waals surface area contributed by atoms with Gasteiger partial charge in [0.1, 0.15) is 0 Å². The number of hydrogen-bond acceptors (Lipinski definition) is 3. The van der Waals surface area contributed by atoms with Gasteiger partial charge in [0.25, 0.3) is 5.91 Å². The normalized spacial score (nSPS) is 16.1. The molecule has 1 amide bonds. The Kier molecular flexibility index (Phi) is 2.45. The van der Waals surface area contributed by atoms with Crippen LogP contribution in [0.25, 0.3) is 0 Å². The molecule has 0 radical (unpaired) electrons. The predicted molar refractivity (Wildman–Crippen MR) is 51.0 cm³/mol. The highest BCUT2D eigenvalue weighted by Crippen LogP contribution is 2.03. The fourth-order valence-corrected chi connectivity index (χ4v) is 1.19. The number of aryl methyl sites for hydroxylation is 1. The summed E-state index contributed by atoms with van der Waals surface area (Å²) in [5, 5.41) is 2.85. The standard InChI is InChI=1S/C10H12N2O2/c1-7-2-3-8(4-11-7)10(13)12-9-5-14-6-9/h2-4,9H,5-6H2,1H3,(H,12,13). The minimum atomic E-state index is -0.0780. The summed E-state index contributed by atoms with van der Waals surface area (Å²) in [5.74, 6) is -0.0780. The van der Waals surface area contributed by atoms with E-state index in [9.17, 15) is 4.79 Å². The molecule has 0 unspecified atom stereocenters. The van der Waals surface area contributed by atoms with Gasteiger partial charge in [0.15, 0.2) is 0 Å². The maximum Gasteiger partial charge on any atom is 0.253 e. The molecule has 14 heavy (non-hydrogen) atoms. The number of nitrogens with one attached hydrogen (secondary N) is 1. The second kappa shape index (κ2) is 3.75. The summed E-state index contributed by atoms with van der Waals surface area (Å²) in [6.45, 7) is 3.12. The molecule has 1 N–H and O–H groups in total. The van der Waals surface area contributed by atoms with Crippen LogP contribution in [0.3, 0.4) is 0 Å². The number of hydrogen-bond donors (Lipinski definition) is 1. The molecule has 0 atom stereocenters. The molecule has 0 aromatic carbocycles. The van der Waals surface area contributed by atoms with Gasteiger partial charge < -0.3 is 10.1 Å². The second-order valence-electron chi connectivity index (χ2n) is 3.40. The van der Waals surface area contributed by atoms with Crippen molar-refractivity contribution < 1.29 is 9.53 Å². The van der Waals surface area contributed by atoms with Crippen LogP contribution in [0.4, 0.5) is 0 Å². The molecular weight excluding hydrogens is 180 g/mol. The van der Waals surface area contributed by atoms with E-state index in [2.05, 4.69) is 10.3 Å². The molecule has 1 aliphatic heterocycles. The lowest BCUT2D eigenvalue weighted by Crippen LogP contribution is -2.48. The number of nitrogens with zero attached hydrogens (tertiary/aromatic N) is 1. The molecule has 0 bridgehead atoms. The monoisotopic (exact) mass is 192 g/mol. The van der Waals surface area contributed by atoms with Crippen molar-refractivity contribution in [3.8, 4) is 0 Å². The fourth-order valence-electron chi connectivity index (χ4n) is 1.19. The first-order valence-electron chi connectivity index (χ1n) is 4.57. The molecule has 0 saturated carbocycles. The Morgan fingerprint density at radius 3 is 2.86 bits per heavy atom. The van der Waals surface area contributed by atoms with Gasteiger partial charge in [0, 0.05) is 11.9 Å². The van der Waals surface area contributed by atoms with Gasteiger partial charge in [0.2, 0.25) is 0 Å². The van der Waals surface area contributed by atoms with Gasteiger partial charge in [-0.1, -0.05) is 0 Å². The molecule has 1 aromatic heterocycles. The van der Waals surface area contributed by atoms with Crippen LogP contribution in [-0.2, 0) is 4.74 Å². The molecule has 0 spiro atoms. The van der Waals surface area contributed by atoms with Crippen LogP contribution >= 0.6 is 0 Å². The van der Waals surface area contributed by atoms with Crippen LogP contribution in [-0.4, -0.2) is 30.1 Å². The largest absolute Gasteiger partial charge is 0.377 e. The molecular formula is C10H12N2O2. The van der Waals surface area contributed by atoms with Gasteiger partial charge in [0.05, 0.1) is 24.8 Å². The summed E-state index contributed by atoms with van der Waals surface area (Å²) in [6, 6.07) is 3.77. The van der Waals surface area contributed by atoms with Crippen molar-refractivity contribution >= 4 is 5.91 Å². The van der Waals surface area contributed by atoms with Crippen LogP contribution in [0, 0.1) is 6.92 Å². The topological polar surface area (TPSA) is 51.2 Å². The first-order valence-corrected chi connectivity index (χ1v) is 4.57. The quantitative estimate of drug-likeness (QED) is 0.743. The van der Waals surface area contributed by atoms with E-state index < -0.39 is 0 Å².